The van der Waals surface area contributed by atoms with Crippen molar-refractivity contribution in [3.8, 4) is 28.4 Å². The molecule has 0 N–H and O–H groups in total. The van der Waals surface area contributed by atoms with Crippen LogP contribution in [0.2, 0.25) is 0 Å². The van der Waals surface area contributed by atoms with Gasteiger partial charge in [-0.1, -0.05) is 116 Å². The van der Waals surface area contributed by atoms with E-state index in [2.05, 4.69) is 144 Å². The van der Waals surface area contributed by atoms with Gasteiger partial charge in [-0.15, -0.1) is 29.1 Å². The van der Waals surface area contributed by atoms with Gasteiger partial charge in [0.05, 0.1) is 0 Å². The number of fused-ring (bicyclic) bond motifs is 9. The van der Waals surface area contributed by atoms with Crippen molar-refractivity contribution in [3.05, 3.63) is 154 Å². The van der Waals surface area contributed by atoms with Gasteiger partial charge in [-0.3, -0.25) is 4.99 Å². The maximum absolute atomic E-state index is 6.71. The molecule has 2 aromatic heterocycles. The zero-order valence-corrected chi connectivity index (χ0v) is 32.6. The average molecular weight is 861 g/mol. The first-order valence-corrected chi connectivity index (χ1v) is 17.6. The van der Waals surface area contributed by atoms with Crippen molar-refractivity contribution in [2.75, 3.05) is 0 Å². The standard InChI is InChI=1S/C46H39N3O2.Pt/c1-26-8-12-35-37(20-26)38-21-27(2)9-13-36(38)44-43(35)48-45(51-44)30-18-29(4)19-33(23-30)50-32-11-14-34-39-22-28(3)10-15-40(39)49(41(34)25-32)42-24-31(16-17-47-42)46(5,6)7;/h8-22,24,43-44H,1-7H3;/q-2;+2/t43-,44+;/m1./s1. The van der Waals surface area contributed by atoms with Crippen molar-refractivity contribution in [3.63, 3.8) is 0 Å². The zero-order chi connectivity index (χ0) is 35.2. The number of hydrogen-bond acceptors (Lipinski definition) is 4. The largest absolute Gasteiger partial charge is 2.00 e. The van der Waals surface area contributed by atoms with Crippen molar-refractivity contribution in [1.82, 2.24) is 9.55 Å². The second kappa shape index (κ2) is 12.6. The second-order valence-electron chi connectivity index (χ2n) is 15.2. The summed E-state index contributed by atoms with van der Waals surface area (Å²) in [5.41, 5.74) is 13.5. The molecule has 9 rings (SSSR count). The summed E-state index contributed by atoms with van der Waals surface area (Å²) < 4.78 is 15.5. The third-order valence-electron chi connectivity index (χ3n) is 10.2. The molecule has 6 heteroatoms. The minimum atomic E-state index is -0.198. The maximum atomic E-state index is 6.71. The summed E-state index contributed by atoms with van der Waals surface area (Å²) in [6.45, 7) is 15.1. The Balaban J connectivity index is 0.00000387. The first-order chi connectivity index (χ1) is 24.5. The average Bonchev–Trinajstić information content (AvgIpc) is 3.68. The molecule has 1 aliphatic heterocycles. The molecule has 0 saturated heterocycles. The van der Waals surface area contributed by atoms with E-state index >= 15 is 0 Å². The topological polar surface area (TPSA) is 48.6 Å². The Hall–Kier alpha value is -4.99. The van der Waals surface area contributed by atoms with E-state index in [1.54, 1.807) is 0 Å². The maximum Gasteiger partial charge on any atom is 2.00 e. The van der Waals surface area contributed by atoms with E-state index in [1.807, 2.05) is 18.3 Å². The molecular weight excluding hydrogens is 822 g/mol. The monoisotopic (exact) mass is 860 g/mol. The molecule has 0 spiro atoms. The van der Waals surface area contributed by atoms with Crippen LogP contribution in [0.25, 0.3) is 38.8 Å². The number of benzene rings is 5. The van der Waals surface area contributed by atoms with Crippen LogP contribution in [0.5, 0.6) is 11.5 Å². The Labute approximate surface area is 319 Å². The van der Waals surface area contributed by atoms with Crippen LogP contribution in [0.1, 0.15) is 77.4 Å². The number of aliphatic imine (C=N–C) groups is 1. The summed E-state index contributed by atoms with van der Waals surface area (Å²) in [5.74, 6) is 2.62. The quantitative estimate of drug-likeness (QED) is 0.166. The third kappa shape index (κ3) is 5.76. The van der Waals surface area contributed by atoms with Gasteiger partial charge in [-0.05, 0) is 72.0 Å². The summed E-state index contributed by atoms with van der Waals surface area (Å²) in [6.07, 6.45) is 1.70. The van der Waals surface area contributed by atoms with Gasteiger partial charge < -0.3 is 14.0 Å². The Bertz CT molecular complexity index is 2590. The summed E-state index contributed by atoms with van der Waals surface area (Å²) in [6, 6.07) is 39.2. The summed E-state index contributed by atoms with van der Waals surface area (Å²) >= 11 is 0. The first kappa shape index (κ1) is 34.1. The predicted molar refractivity (Wildman–Crippen MR) is 205 cm³/mol. The van der Waals surface area contributed by atoms with Gasteiger partial charge >= 0.3 is 21.1 Å². The molecule has 0 bridgehead atoms. The van der Waals surface area contributed by atoms with Gasteiger partial charge in [0, 0.05) is 28.8 Å². The first-order valence-electron chi connectivity index (χ1n) is 17.6. The predicted octanol–water partition coefficient (Wildman–Crippen LogP) is 11.3. The van der Waals surface area contributed by atoms with Gasteiger partial charge in [0.25, 0.3) is 0 Å². The van der Waals surface area contributed by atoms with E-state index in [0.717, 1.165) is 38.8 Å². The molecule has 0 saturated carbocycles. The van der Waals surface area contributed by atoms with Crippen LogP contribution in [0.3, 0.4) is 0 Å². The molecule has 0 radical (unpaired) electrons. The summed E-state index contributed by atoms with van der Waals surface area (Å²) in [7, 11) is 0. The van der Waals surface area contributed by atoms with Crippen LogP contribution >= 0.6 is 0 Å². The Kier molecular flexibility index (Phi) is 8.27. The third-order valence-corrected chi connectivity index (χ3v) is 10.2. The Morgan fingerprint density at radius 1 is 0.692 bits per heavy atom. The molecule has 2 atom stereocenters. The normalized spacial score (nSPS) is 16.1. The molecule has 1 aliphatic carbocycles. The molecule has 0 unspecified atom stereocenters. The number of rotatable bonds is 4. The fourth-order valence-electron chi connectivity index (χ4n) is 7.63. The fourth-order valence-corrected chi connectivity index (χ4v) is 7.63. The Morgan fingerprint density at radius 3 is 2.17 bits per heavy atom. The number of pyridine rings is 1. The van der Waals surface area contributed by atoms with Crippen molar-refractivity contribution in [2.45, 2.75) is 66.0 Å². The van der Waals surface area contributed by atoms with E-state index in [4.69, 9.17) is 19.5 Å². The molecule has 5 aromatic carbocycles. The van der Waals surface area contributed by atoms with Gasteiger partial charge in [0.1, 0.15) is 23.9 Å². The molecular formula is C46H39N3O2Pt. The van der Waals surface area contributed by atoms with Crippen LogP contribution < -0.4 is 4.74 Å². The smallest absolute Gasteiger partial charge is 0.510 e. The number of ether oxygens (including phenoxy) is 2. The molecule has 260 valence electrons. The zero-order valence-electron chi connectivity index (χ0n) is 30.4. The molecule has 7 aromatic rings. The number of nitrogens with zero attached hydrogens (tertiary/aromatic N) is 3. The molecule has 3 heterocycles. The van der Waals surface area contributed by atoms with Crippen LogP contribution in [0.15, 0.2) is 102 Å². The van der Waals surface area contributed by atoms with E-state index in [0.29, 0.717) is 17.4 Å². The van der Waals surface area contributed by atoms with E-state index < -0.39 is 0 Å². The fraction of sp³-hybridized carbons (Fsp3) is 0.217. The van der Waals surface area contributed by atoms with Crippen molar-refractivity contribution >= 4 is 27.7 Å². The van der Waals surface area contributed by atoms with Crippen molar-refractivity contribution in [2.24, 2.45) is 4.99 Å². The van der Waals surface area contributed by atoms with Crippen LogP contribution in [-0.4, -0.2) is 15.4 Å². The molecule has 0 amide bonds. The summed E-state index contributed by atoms with van der Waals surface area (Å²) in [5, 5.41) is 2.26. The number of hydrogen-bond donors (Lipinski definition) is 0. The van der Waals surface area contributed by atoms with Gasteiger partial charge in [-0.25, -0.2) is 4.98 Å². The van der Waals surface area contributed by atoms with Crippen LogP contribution in [0.4, 0.5) is 0 Å². The minimum absolute atomic E-state index is 0. The Morgan fingerprint density at radius 2 is 1.40 bits per heavy atom. The SMILES string of the molecule is Cc1cc(Oc2[c-]c3c(cc2)c2cc(C)ccc2n3-c2cc(C(C)(C)C)ccn2)[c-]c(C2=N[C@@H]3c4ccc(C)cc4-c4cc(C)ccc4[C@@H]3O2)c1.[Pt+2]. The van der Waals surface area contributed by atoms with Crippen LogP contribution in [0, 0.1) is 39.8 Å². The van der Waals surface area contributed by atoms with E-state index in [-0.39, 0.29) is 38.6 Å². The van der Waals surface area contributed by atoms with Crippen LogP contribution in [-0.2, 0) is 31.2 Å². The van der Waals surface area contributed by atoms with E-state index in [9.17, 15) is 0 Å². The molecule has 0 fully saturated rings. The molecule has 2 aliphatic rings. The molecule has 52 heavy (non-hydrogen) atoms. The van der Waals surface area contributed by atoms with Crippen molar-refractivity contribution < 1.29 is 30.5 Å². The minimum Gasteiger partial charge on any atom is -0.510 e. The van der Waals surface area contributed by atoms with E-state index in [1.165, 1.54) is 44.5 Å². The van der Waals surface area contributed by atoms with Gasteiger partial charge in [-0.2, -0.15) is 6.07 Å². The molecule has 5 nitrogen and oxygen atoms in total. The van der Waals surface area contributed by atoms with Gasteiger partial charge in [0.2, 0.25) is 0 Å². The number of aromatic nitrogens is 2. The summed E-state index contributed by atoms with van der Waals surface area (Å²) in [4.78, 5) is 10.0. The van der Waals surface area contributed by atoms with Gasteiger partial charge in [0.15, 0.2) is 0 Å². The number of aryl methyl sites for hydroxylation is 4. The second-order valence-corrected chi connectivity index (χ2v) is 15.2. The van der Waals surface area contributed by atoms with Crippen molar-refractivity contribution in [1.29, 1.82) is 0 Å².